The van der Waals surface area contributed by atoms with Gasteiger partial charge in [-0.25, -0.2) is 4.98 Å². The number of ether oxygens (including phenoxy) is 1. The Balaban J connectivity index is 1.71. The van der Waals surface area contributed by atoms with E-state index in [4.69, 9.17) is 10.5 Å². The molecule has 0 saturated heterocycles. The fraction of sp³-hybridized carbons (Fsp3) is 0.357. The third-order valence-corrected chi connectivity index (χ3v) is 3.54. The summed E-state index contributed by atoms with van der Waals surface area (Å²) in [6.45, 7) is 4.40. The summed E-state index contributed by atoms with van der Waals surface area (Å²) in [4.78, 5) is 6.65. The number of hydrogen-bond acceptors (Lipinski definition) is 5. The number of benzene rings is 1. The molecular weight excluding hydrogens is 258 g/mol. The number of nitrogens with two attached hydrogens (primary N) is 1. The number of thiazole rings is 1. The minimum Gasteiger partial charge on any atom is -0.492 e. The fourth-order valence-corrected chi connectivity index (χ4v) is 2.32. The number of likely N-dealkylation sites (N-methyl/N-ethyl adjacent to an activating group) is 1. The van der Waals surface area contributed by atoms with Crippen molar-refractivity contribution in [3.05, 3.63) is 40.3 Å². The van der Waals surface area contributed by atoms with Crippen LogP contribution in [-0.4, -0.2) is 30.1 Å². The number of rotatable bonds is 6. The average molecular weight is 277 g/mol. The molecule has 2 N–H and O–H groups in total. The molecule has 4 nitrogen and oxygen atoms in total. The van der Waals surface area contributed by atoms with E-state index in [1.165, 1.54) is 0 Å². The van der Waals surface area contributed by atoms with E-state index < -0.39 is 0 Å². The van der Waals surface area contributed by atoms with Crippen molar-refractivity contribution in [3.8, 4) is 5.75 Å². The topological polar surface area (TPSA) is 51.4 Å². The first-order valence-corrected chi connectivity index (χ1v) is 7.09. The summed E-state index contributed by atoms with van der Waals surface area (Å²) >= 11 is 1.69. The van der Waals surface area contributed by atoms with Crippen LogP contribution in [0.2, 0.25) is 0 Å². The van der Waals surface area contributed by atoms with Gasteiger partial charge in [-0.2, -0.15) is 0 Å². The normalized spacial score (nSPS) is 10.9. The molecule has 102 valence electrons. The Bertz CT molecular complexity index is 510. The van der Waals surface area contributed by atoms with Gasteiger partial charge >= 0.3 is 0 Å². The van der Waals surface area contributed by atoms with Crippen molar-refractivity contribution in [3.63, 3.8) is 0 Å². The first kappa shape index (κ1) is 13.8. The summed E-state index contributed by atoms with van der Waals surface area (Å²) in [7, 11) is 2.07. The summed E-state index contributed by atoms with van der Waals surface area (Å²) in [5, 5.41) is 3.22. The molecule has 0 fully saturated rings. The van der Waals surface area contributed by atoms with Gasteiger partial charge in [0.15, 0.2) is 0 Å². The van der Waals surface area contributed by atoms with Crippen LogP contribution in [0.4, 0.5) is 5.69 Å². The first-order chi connectivity index (χ1) is 9.13. The van der Waals surface area contributed by atoms with Gasteiger partial charge in [-0.3, -0.25) is 4.90 Å². The summed E-state index contributed by atoms with van der Waals surface area (Å²) in [6, 6.07) is 7.46. The lowest BCUT2D eigenvalue weighted by atomic mass is 10.3. The van der Waals surface area contributed by atoms with Crippen LogP contribution in [-0.2, 0) is 6.54 Å². The third-order valence-electron chi connectivity index (χ3n) is 2.72. The Labute approximate surface area is 117 Å². The molecule has 0 bridgehead atoms. The molecule has 1 aromatic carbocycles. The van der Waals surface area contributed by atoms with Gasteiger partial charge in [-0.15, -0.1) is 11.3 Å². The number of anilines is 1. The van der Waals surface area contributed by atoms with Crippen molar-refractivity contribution in [1.29, 1.82) is 0 Å². The monoisotopic (exact) mass is 277 g/mol. The van der Waals surface area contributed by atoms with Gasteiger partial charge in [0, 0.05) is 24.2 Å². The highest BCUT2D eigenvalue weighted by molar-refractivity contribution is 7.09. The highest BCUT2D eigenvalue weighted by Gasteiger charge is 2.03. The molecule has 0 unspecified atom stereocenters. The number of hydrogen-bond donors (Lipinski definition) is 1. The van der Waals surface area contributed by atoms with E-state index in [1.54, 1.807) is 11.3 Å². The molecule has 1 heterocycles. The quantitative estimate of drug-likeness (QED) is 0.824. The highest BCUT2D eigenvalue weighted by atomic mass is 32.1. The second-order valence-corrected chi connectivity index (χ2v) is 5.58. The van der Waals surface area contributed by atoms with E-state index in [9.17, 15) is 0 Å². The summed E-state index contributed by atoms with van der Waals surface area (Å²) < 4.78 is 5.66. The molecule has 19 heavy (non-hydrogen) atoms. The molecule has 1 aromatic heterocycles. The van der Waals surface area contributed by atoms with Gasteiger partial charge in [-0.1, -0.05) is 0 Å². The van der Waals surface area contributed by atoms with Crippen molar-refractivity contribution in [2.75, 3.05) is 25.9 Å². The predicted octanol–water partition coefficient (Wildman–Crippen LogP) is 2.54. The van der Waals surface area contributed by atoms with Gasteiger partial charge in [0.1, 0.15) is 12.4 Å². The first-order valence-electron chi connectivity index (χ1n) is 6.21. The average Bonchev–Trinajstić information content (AvgIpc) is 2.77. The standard InChI is InChI=1S/C14H19N3OS/c1-11-16-13(10-19-11)9-17(2)7-8-18-14-5-3-12(15)4-6-14/h3-6,10H,7-9,15H2,1-2H3. The van der Waals surface area contributed by atoms with E-state index in [0.717, 1.165) is 35.2 Å². The van der Waals surface area contributed by atoms with E-state index in [1.807, 2.05) is 31.2 Å². The lowest BCUT2D eigenvalue weighted by Gasteiger charge is -2.15. The number of nitrogen functional groups attached to an aromatic ring is 1. The van der Waals surface area contributed by atoms with Gasteiger partial charge in [0.25, 0.3) is 0 Å². The second kappa shape index (κ2) is 6.54. The minimum absolute atomic E-state index is 0.656. The number of aromatic nitrogens is 1. The SMILES string of the molecule is Cc1nc(CN(C)CCOc2ccc(N)cc2)cs1. The zero-order valence-corrected chi connectivity index (χ0v) is 12.1. The fourth-order valence-electron chi connectivity index (χ4n) is 1.72. The van der Waals surface area contributed by atoms with Gasteiger partial charge < -0.3 is 10.5 Å². The third kappa shape index (κ3) is 4.54. The molecule has 0 saturated carbocycles. The zero-order chi connectivity index (χ0) is 13.7. The number of nitrogens with zero attached hydrogens (tertiary/aromatic N) is 2. The lowest BCUT2D eigenvalue weighted by Crippen LogP contribution is -2.24. The molecule has 0 amide bonds. The van der Waals surface area contributed by atoms with Gasteiger partial charge in [0.05, 0.1) is 10.7 Å². The Morgan fingerprint density at radius 1 is 1.32 bits per heavy atom. The molecule has 0 aliphatic heterocycles. The lowest BCUT2D eigenvalue weighted by molar-refractivity contribution is 0.231. The smallest absolute Gasteiger partial charge is 0.119 e. The molecule has 0 atom stereocenters. The molecule has 0 spiro atoms. The molecule has 2 aromatic rings. The van der Waals surface area contributed by atoms with Crippen molar-refractivity contribution in [2.45, 2.75) is 13.5 Å². The van der Waals surface area contributed by atoms with Gasteiger partial charge in [-0.05, 0) is 38.2 Å². The summed E-state index contributed by atoms with van der Waals surface area (Å²) in [5.74, 6) is 0.854. The molecule has 2 rings (SSSR count). The van der Waals surface area contributed by atoms with E-state index in [2.05, 4.69) is 22.3 Å². The molecule has 0 aliphatic carbocycles. The van der Waals surface area contributed by atoms with Crippen LogP contribution < -0.4 is 10.5 Å². The van der Waals surface area contributed by atoms with Crippen molar-refractivity contribution in [1.82, 2.24) is 9.88 Å². The van der Waals surface area contributed by atoms with Crippen LogP contribution in [0, 0.1) is 6.92 Å². The summed E-state index contributed by atoms with van der Waals surface area (Å²) in [5.41, 5.74) is 7.50. The van der Waals surface area contributed by atoms with Crippen LogP contribution in [0.1, 0.15) is 10.7 Å². The van der Waals surface area contributed by atoms with Crippen molar-refractivity contribution >= 4 is 17.0 Å². The molecule has 0 aliphatic rings. The molecule has 0 radical (unpaired) electrons. The largest absolute Gasteiger partial charge is 0.492 e. The van der Waals surface area contributed by atoms with E-state index in [0.29, 0.717) is 6.61 Å². The maximum atomic E-state index is 5.66. The molecular formula is C14H19N3OS. The Morgan fingerprint density at radius 2 is 2.05 bits per heavy atom. The van der Waals surface area contributed by atoms with Crippen LogP contribution in [0.25, 0.3) is 0 Å². The van der Waals surface area contributed by atoms with Crippen LogP contribution in [0.3, 0.4) is 0 Å². The van der Waals surface area contributed by atoms with Crippen molar-refractivity contribution < 1.29 is 4.74 Å². The summed E-state index contributed by atoms with van der Waals surface area (Å²) in [6.07, 6.45) is 0. The predicted molar refractivity (Wildman–Crippen MR) is 79.5 cm³/mol. The molecule has 5 heteroatoms. The zero-order valence-electron chi connectivity index (χ0n) is 11.3. The van der Waals surface area contributed by atoms with Crippen LogP contribution in [0.5, 0.6) is 5.75 Å². The Hall–Kier alpha value is -1.59. The second-order valence-electron chi connectivity index (χ2n) is 4.51. The Kier molecular flexibility index (Phi) is 4.76. The van der Waals surface area contributed by atoms with Crippen molar-refractivity contribution in [2.24, 2.45) is 0 Å². The van der Waals surface area contributed by atoms with E-state index in [-0.39, 0.29) is 0 Å². The highest BCUT2D eigenvalue weighted by Crippen LogP contribution is 2.13. The van der Waals surface area contributed by atoms with Crippen LogP contribution in [0.15, 0.2) is 29.6 Å². The maximum absolute atomic E-state index is 5.66. The number of aryl methyl sites for hydroxylation is 1. The Morgan fingerprint density at radius 3 is 2.68 bits per heavy atom. The minimum atomic E-state index is 0.656. The van der Waals surface area contributed by atoms with Crippen LogP contribution >= 0.6 is 11.3 Å². The van der Waals surface area contributed by atoms with Gasteiger partial charge in [0.2, 0.25) is 0 Å². The van der Waals surface area contributed by atoms with E-state index >= 15 is 0 Å². The maximum Gasteiger partial charge on any atom is 0.119 e.